The summed E-state index contributed by atoms with van der Waals surface area (Å²) in [5.41, 5.74) is 0.0494. The predicted molar refractivity (Wildman–Crippen MR) is 61.9 cm³/mol. The molecule has 2 heterocycles. The van der Waals surface area contributed by atoms with Crippen LogP contribution < -0.4 is 5.32 Å². The van der Waals surface area contributed by atoms with E-state index < -0.39 is 0 Å². The van der Waals surface area contributed by atoms with Gasteiger partial charge in [-0.15, -0.1) is 0 Å². The number of rotatable bonds is 3. The van der Waals surface area contributed by atoms with Gasteiger partial charge in [0.2, 0.25) is 0 Å². The van der Waals surface area contributed by atoms with Crippen LogP contribution in [-0.4, -0.2) is 48.3 Å². The second-order valence-corrected chi connectivity index (χ2v) is 5.08. The van der Waals surface area contributed by atoms with E-state index in [4.69, 9.17) is 0 Å². The first kappa shape index (κ1) is 11.4. The minimum absolute atomic E-state index is 0.0494. The van der Waals surface area contributed by atoms with Crippen molar-refractivity contribution in [1.29, 1.82) is 0 Å². The fourth-order valence-electron chi connectivity index (χ4n) is 3.24. The minimum Gasteiger partial charge on any atom is -0.394 e. The summed E-state index contributed by atoms with van der Waals surface area (Å²) in [6.45, 7) is 7.20. The Morgan fingerprint density at radius 3 is 2.93 bits per heavy atom. The van der Waals surface area contributed by atoms with Crippen molar-refractivity contribution in [3.8, 4) is 0 Å². The molecule has 2 saturated heterocycles. The summed E-state index contributed by atoms with van der Waals surface area (Å²) < 4.78 is 0. The zero-order valence-corrected chi connectivity index (χ0v) is 9.84. The molecule has 0 saturated carbocycles. The van der Waals surface area contributed by atoms with Crippen molar-refractivity contribution in [2.75, 3.05) is 32.8 Å². The van der Waals surface area contributed by atoms with Gasteiger partial charge in [0.15, 0.2) is 0 Å². The summed E-state index contributed by atoms with van der Waals surface area (Å²) >= 11 is 0. The fraction of sp³-hybridized carbons (Fsp3) is 1.00. The Morgan fingerprint density at radius 1 is 1.47 bits per heavy atom. The summed E-state index contributed by atoms with van der Waals surface area (Å²) in [6.07, 6.45) is 4.96. The smallest absolute Gasteiger partial charge is 0.0616 e. The quantitative estimate of drug-likeness (QED) is 0.727. The first-order chi connectivity index (χ1) is 7.30. The molecule has 15 heavy (non-hydrogen) atoms. The molecule has 0 aliphatic carbocycles. The van der Waals surface area contributed by atoms with Crippen molar-refractivity contribution in [1.82, 2.24) is 10.2 Å². The van der Waals surface area contributed by atoms with Crippen LogP contribution in [0, 0.1) is 5.92 Å². The van der Waals surface area contributed by atoms with Gasteiger partial charge in [0.25, 0.3) is 0 Å². The number of hydrogen-bond acceptors (Lipinski definition) is 3. The van der Waals surface area contributed by atoms with Crippen LogP contribution in [0.2, 0.25) is 0 Å². The molecule has 3 nitrogen and oxygen atoms in total. The van der Waals surface area contributed by atoms with Crippen LogP contribution in [0.3, 0.4) is 0 Å². The van der Waals surface area contributed by atoms with E-state index in [-0.39, 0.29) is 5.54 Å². The normalized spacial score (nSPS) is 38.4. The molecule has 3 heteroatoms. The summed E-state index contributed by atoms with van der Waals surface area (Å²) in [7, 11) is 0. The number of nitrogens with zero attached hydrogens (tertiary/aromatic N) is 1. The zero-order chi connectivity index (χ0) is 10.7. The van der Waals surface area contributed by atoms with Gasteiger partial charge in [-0.05, 0) is 51.2 Å². The van der Waals surface area contributed by atoms with E-state index in [1.807, 2.05) is 0 Å². The second kappa shape index (κ2) is 4.81. The van der Waals surface area contributed by atoms with Gasteiger partial charge in [0.05, 0.1) is 6.61 Å². The number of hydrogen-bond donors (Lipinski definition) is 2. The number of aliphatic hydroxyl groups excluding tert-OH is 1. The molecule has 2 aliphatic heterocycles. The topological polar surface area (TPSA) is 35.5 Å². The van der Waals surface area contributed by atoms with Crippen molar-refractivity contribution in [3.05, 3.63) is 0 Å². The Morgan fingerprint density at radius 2 is 2.33 bits per heavy atom. The van der Waals surface area contributed by atoms with Crippen LogP contribution in [0.15, 0.2) is 0 Å². The molecule has 0 bridgehead atoms. The highest BCUT2D eigenvalue weighted by molar-refractivity contribution is 5.00. The van der Waals surface area contributed by atoms with Crippen molar-refractivity contribution in [2.45, 2.75) is 38.1 Å². The molecule has 0 aromatic heterocycles. The lowest BCUT2D eigenvalue weighted by Crippen LogP contribution is -2.55. The Balaban J connectivity index is 2.01. The molecule has 2 atom stereocenters. The maximum absolute atomic E-state index is 9.65. The Kier molecular flexibility index (Phi) is 3.65. The van der Waals surface area contributed by atoms with Crippen LogP contribution >= 0.6 is 0 Å². The van der Waals surface area contributed by atoms with Gasteiger partial charge in [-0.3, -0.25) is 0 Å². The molecule has 88 valence electrons. The minimum atomic E-state index is 0.0494. The summed E-state index contributed by atoms with van der Waals surface area (Å²) in [6, 6.07) is 0. The van der Waals surface area contributed by atoms with Crippen molar-refractivity contribution in [3.63, 3.8) is 0 Å². The highest BCUT2D eigenvalue weighted by atomic mass is 16.3. The van der Waals surface area contributed by atoms with Crippen molar-refractivity contribution in [2.24, 2.45) is 5.92 Å². The highest BCUT2D eigenvalue weighted by Crippen LogP contribution is 2.33. The van der Waals surface area contributed by atoms with Crippen molar-refractivity contribution < 1.29 is 5.11 Å². The van der Waals surface area contributed by atoms with Gasteiger partial charge in [0.1, 0.15) is 0 Å². The lowest BCUT2D eigenvalue weighted by atomic mass is 9.78. The van der Waals surface area contributed by atoms with Gasteiger partial charge >= 0.3 is 0 Å². The SMILES string of the molecule is CCN1CCCC(C2(CO)CCCN2)C1. The van der Waals surface area contributed by atoms with Crippen LogP contribution in [0.25, 0.3) is 0 Å². The molecule has 0 amide bonds. The third-order valence-electron chi connectivity index (χ3n) is 4.29. The molecule has 2 fully saturated rings. The summed E-state index contributed by atoms with van der Waals surface area (Å²) in [4.78, 5) is 2.52. The molecule has 0 aromatic carbocycles. The summed E-state index contributed by atoms with van der Waals surface area (Å²) in [5, 5.41) is 13.2. The molecule has 0 radical (unpaired) electrons. The van der Waals surface area contributed by atoms with Crippen LogP contribution in [-0.2, 0) is 0 Å². The maximum Gasteiger partial charge on any atom is 0.0616 e. The third-order valence-corrected chi connectivity index (χ3v) is 4.29. The first-order valence-corrected chi connectivity index (χ1v) is 6.39. The molecule has 2 rings (SSSR count). The van der Waals surface area contributed by atoms with E-state index in [0.717, 1.165) is 19.5 Å². The molecule has 2 unspecified atom stereocenters. The first-order valence-electron chi connectivity index (χ1n) is 6.39. The third kappa shape index (κ3) is 2.19. The zero-order valence-electron chi connectivity index (χ0n) is 9.84. The van der Waals surface area contributed by atoms with Gasteiger partial charge in [0, 0.05) is 12.1 Å². The van der Waals surface area contributed by atoms with E-state index in [0.29, 0.717) is 12.5 Å². The Labute approximate surface area is 92.8 Å². The van der Waals surface area contributed by atoms with E-state index in [2.05, 4.69) is 17.1 Å². The van der Waals surface area contributed by atoms with Gasteiger partial charge in [-0.25, -0.2) is 0 Å². The predicted octanol–water partition coefficient (Wildman–Crippen LogP) is 0.833. The Hall–Kier alpha value is -0.120. The lowest BCUT2D eigenvalue weighted by Gasteiger charge is -2.42. The number of piperidine rings is 1. The summed E-state index contributed by atoms with van der Waals surface area (Å²) in [5.74, 6) is 0.652. The van der Waals surface area contributed by atoms with Gasteiger partial charge in [-0.2, -0.15) is 0 Å². The van der Waals surface area contributed by atoms with E-state index in [1.54, 1.807) is 0 Å². The average Bonchev–Trinajstić information content (AvgIpc) is 2.79. The highest BCUT2D eigenvalue weighted by Gasteiger charge is 2.41. The largest absolute Gasteiger partial charge is 0.394 e. The molecular formula is C12H24N2O. The van der Waals surface area contributed by atoms with E-state index in [1.165, 1.54) is 32.4 Å². The van der Waals surface area contributed by atoms with E-state index >= 15 is 0 Å². The fourth-order valence-corrected chi connectivity index (χ4v) is 3.24. The number of aliphatic hydroxyl groups is 1. The monoisotopic (exact) mass is 212 g/mol. The lowest BCUT2D eigenvalue weighted by molar-refractivity contribution is 0.0631. The van der Waals surface area contributed by atoms with E-state index in [9.17, 15) is 5.11 Å². The molecule has 0 spiro atoms. The molecule has 2 aliphatic rings. The molecule has 0 aromatic rings. The molecular weight excluding hydrogens is 188 g/mol. The average molecular weight is 212 g/mol. The van der Waals surface area contributed by atoms with Crippen LogP contribution in [0.4, 0.5) is 0 Å². The van der Waals surface area contributed by atoms with Crippen LogP contribution in [0.1, 0.15) is 32.6 Å². The number of nitrogens with one attached hydrogen (secondary N) is 1. The molecule has 2 N–H and O–H groups in total. The number of likely N-dealkylation sites (tertiary alicyclic amines) is 1. The second-order valence-electron chi connectivity index (χ2n) is 5.08. The standard InChI is InChI=1S/C12H24N2O/c1-2-14-8-3-5-11(9-14)12(10-15)6-4-7-13-12/h11,13,15H,2-10H2,1H3. The van der Waals surface area contributed by atoms with Gasteiger partial charge in [-0.1, -0.05) is 6.92 Å². The Bertz CT molecular complexity index is 202. The van der Waals surface area contributed by atoms with Crippen molar-refractivity contribution >= 4 is 0 Å². The maximum atomic E-state index is 9.65. The van der Waals surface area contributed by atoms with Crippen LogP contribution in [0.5, 0.6) is 0 Å². The van der Waals surface area contributed by atoms with Gasteiger partial charge < -0.3 is 15.3 Å².